The van der Waals surface area contributed by atoms with Crippen molar-refractivity contribution < 1.29 is 4.74 Å². The number of hydrogen-bond acceptors (Lipinski definition) is 3. The first-order valence-corrected chi connectivity index (χ1v) is 15.1. The van der Waals surface area contributed by atoms with Crippen LogP contribution in [-0.4, -0.2) is 16.5 Å². The van der Waals surface area contributed by atoms with E-state index in [-0.39, 0.29) is 0 Å². The lowest BCUT2D eigenvalue weighted by Gasteiger charge is -2.20. The second-order valence-corrected chi connectivity index (χ2v) is 17.4. The molecule has 0 fully saturated rings. The maximum Gasteiger partial charge on any atom is 0.144 e. The van der Waals surface area contributed by atoms with Gasteiger partial charge >= 0.3 is 0 Å². The fourth-order valence-electron chi connectivity index (χ4n) is 2.21. The van der Waals surface area contributed by atoms with Crippen LogP contribution < -0.4 is 14.7 Å². The molecule has 0 bridgehead atoms. The lowest BCUT2D eigenvalue weighted by Crippen LogP contribution is -2.32. The van der Waals surface area contributed by atoms with Crippen molar-refractivity contribution in [1.29, 1.82) is 0 Å². The first-order chi connectivity index (χ1) is 10.6. The Morgan fingerprint density at radius 3 is 1.13 bits per heavy atom. The molecule has 0 amide bonds. The zero-order valence-corrected chi connectivity index (χ0v) is 17.0. The zero-order chi connectivity index (χ0) is 17.1. The van der Waals surface area contributed by atoms with Gasteiger partial charge in [-0.05, 0) is 48.5 Å². The highest BCUT2D eigenvalue weighted by Gasteiger charge is 2.13. The van der Waals surface area contributed by atoms with Crippen molar-refractivity contribution in [3.63, 3.8) is 0 Å². The molecule has 2 aromatic carbocycles. The number of rotatable bonds is 6. The second-order valence-electron chi connectivity index (χ2n) is 7.90. The summed E-state index contributed by atoms with van der Waals surface area (Å²) in [6, 6.07) is 16.4. The third kappa shape index (κ3) is 6.50. The minimum Gasteiger partial charge on any atom is -0.457 e. The minimum atomic E-state index is -1.31. The van der Waals surface area contributed by atoms with Crippen LogP contribution in [0, 0.1) is 0 Å². The Balaban J connectivity index is 1.99. The Morgan fingerprint density at radius 1 is 0.565 bits per heavy atom. The van der Waals surface area contributed by atoms with E-state index in [1.165, 1.54) is 0 Å². The average molecular weight is 345 g/mol. The molecule has 124 valence electrons. The number of benzene rings is 2. The summed E-state index contributed by atoms with van der Waals surface area (Å²) in [4.78, 5) is 7.16. The normalized spacial score (nSPS) is 11.9. The molecule has 0 aliphatic rings. The average Bonchev–Trinajstić information content (AvgIpc) is 2.40. The SMILES string of the molecule is C[Si](C)(C)Nc1ccc(Oc2ccc(N[Si](C)(C)C)cc2)cc1. The highest BCUT2D eigenvalue weighted by atomic mass is 28.3. The largest absolute Gasteiger partial charge is 0.457 e. The molecule has 0 heterocycles. The van der Waals surface area contributed by atoms with Crippen molar-refractivity contribution in [2.24, 2.45) is 0 Å². The predicted molar refractivity (Wildman–Crippen MR) is 107 cm³/mol. The number of nitrogens with one attached hydrogen (secondary N) is 2. The number of hydrogen-bond donors (Lipinski definition) is 2. The molecule has 0 saturated carbocycles. The highest BCUT2D eigenvalue weighted by molar-refractivity contribution is 6.79. The first kappa shape index (κ1) is 17.6. The molecule has 2 aromatic rings. The summed E-state index contributed by atoms with van der Waals surface area (Å²) in [5, 5.41) is 0. The quantitative estimate of drug-likeness (QED) is 0.633. The van der Waals surface area contributed by atoms with Gasteiger partial charge in [0, 0.05) is 11.4 Å². The minimum absolute atomic E-state index is 0.858. The van der Waals surface area contributed by atoms with E-state index in [0.29, 0.717) is 0 Å². The van der Waals surface area contributed by atoms with Gasteiger partial charge in [-0.25, -0.2) is 0 Å². The second kappa shape index (κ2) is 6.80. The van der Waals surface area contributed by atoms with Gasteiger partial charge in [0.1, 0.15) is 28.0 Å². The summed E-state index contributed by atoms with van der Waals surface area (Å²) >= 11 is 0. The Morgan fingerprint density at radius 2 is 0.870 bits per heavy atom. The van der Waals surface area contributed by atoms with Crippen LogP contribution in [0.2, 0.25) is 39.3 Å². The van der Waals surface area contributed by atoms with Crippen molar-refractivity contribution in [2.75, 3.05) is 9.96 Å². The molecule has 2 N–H and O–H groups in total. The topological polar surface area (TPSA) is 33.3 Å². The Bertz CT molecular complexity index is 569. The van der Waals surface area contributed by atoms with Gasteiger partial charge in [-0.3, -0.25) is 0 Å². The van der Waals surface area contributed by atoms with Crippen LogP contribution in [0.1, 0.15) is 0 Å². The Hall–Kier alpha value is -1.73. The molecule has 0 radical (unpaired) electrons. The fraction of sp³-hybridized carbons (Fsp3) is 0.333. The fourth-order valence-corrected chi connectivity index (χ4v) is 4.28. The monoisotopic (exact) mass is 344 g/mol. The van der Waals surface area contributed by atoms with Crippen LogP contribution in [0.3, 0.4) is 0 Å². The number of anilines is 2. The van der Waals surface area contributed by atoms with Crippen LogP contribution in [0.5, 0.6) is 11.5 Å². The van der Waals surface area contributed by atoms with Crippen LogP contribution in [0.4, 0.5) is 11.4 Å². The van der Waals surface area contributed by atoms with Gasteiger partial charge in [0.05, 0.1) is 0 Å². The summed E-state index contributed by atoms with van der Waals surface area (Å²) in [6.07, 6.45) is 0. The van der Waals surface area contributed by atoms with Gasteiger partial charge in [0.25, 0.3) is 0 Å². The molecule has 3 nitrogen and oxygen atoms in total. The zero-order valence-electron chi connectivity index (χ0n) is 15.0. The van der Waals surface area contributed by atoms with Gasteiger partial charge in [0.2, 0.25) is 0 Å². The number of ether oxygens (including phenoxy) is 1. The lowest BCUT2D eigenvalue weighted by atomic mass is 10.3. The van der Waals surface area contributed by atoms with Crippen LogP contribution >= 0.6 is 0 Å². The van der Waals surface area contributed by atoms with Crippen LogP contribution in [0.15, 0.2) is 48.5 Å². The van der Waals surface area contributed by atoms with Gasteiger partial charge < -0.3 is 14.7 Å². The molecule has 0 aliphatic heterocycles. The molecule has 23 heavy (non-hydrogen) atoms. The molecule has 0 saturated heterocycles. The molecular weight excluding hydrogens is 316 g/mol. The van der Waals surface area contributed by atoms with Crippen molar-refractivity contribution in [3.05, 3.63) is 48.5 Å². The molecule has 2 rings (SSSR count). The van der Waals surface area contributed by atoms with Crippen molar-refractivity contribution in [3.8, 4) is 11.5 Å². The molecule has 0 aliphatic carbocycles. The van der Waals surface area contributed by atoms with E-state index in [2.05, 4.69) is 73.5 Å². The summed E-state index contributed by atoms with van der Waals surface area (Å²) in [6.45, 7) is 13.7. The molecule has 0 unspecified atom stereocenters. The first-order valence-electron chi connectivity index (χ1n) is 8.05. The molecule has 5 heteroatoms. The third-order valence-electron chi connectivity index (χ3n) is 2.98. The lowest BCUT2D eigenvalue weighted by molar-refractivity contribution is 0.483. The summed E-state index contributed by atoms with van der Waals surface area (Å²) in [7, 11) is -2.62. The standard InChI is InChI=1S/C18H28N2OSi2/c1-22(2,3)19-15-7-11-17(12-8-15)21-18-13-9-16(10-14-18)20-23(4,5)6/h7-14,19-20H,1-6H3. The Kier molecular flexibility index (Phi) is 5.21. The third-order valence-corrected chi connectivity index (χ3v) is 5.06. The smallest absolute Gasteiger partial charge is 0.144 e. The molecular formula is C18H28N2OSi2. The highest BCUT2D eigenvalue weighted by Crippen LogP contribution is 2.25. The van der Waals surface area contributed by atoms with Crippen molar-refractivity contribution in [1.82, 2.24) is 0 Å². The van der Waals surface area contributed by atoms with E-state index in [0.717, 1.165) is 22.9 Å². The van der Waals surface area contributed by atoms with Crippen molar-refractivity contribution >= 4 is 27.8 Å². The molecule has 0 atom stereocenters. The summed E-state index contributed by atoms with van der Waals surface area (Å²) < 4.78 is 5.92. The molecule has 0 spiro atoms. The maximum absolute atomic E-state index is 5.92. The van der Waals surface area contributed by atoms with E-state index >= 15 is 0 Å². The van der Waals surface area contributed by atoms with Crippen LogP contribution in [-0.2, 0) is 0 Å². The predicted octanol–water partition coefficient (Wildman–Crippen LogP) is 5.97. The van der Waals surface area contributed by atoms with E-state index < -0.39 is 16.5 Å². The van der Waals surface area contributed by atoms with E-state index in [1.54, 1.807) is 0 Å². The molecule has 0 aromatic heterocycles. The van der Waals surface area contributed by atoms with Crippen LogP contribution in [0.25, 0.3) is 0 Å². The van der Waals surface area contributed by atoms with Gasteiger partial charge in [-0.2, -0.15) is 0 Å². The van der Waals surface area contributed by atoms with Gasteiger partial charge in [-0.15, -0.1) is 0 Å². The summed E-state index contributed by atoms with van der Waals surface area (Å²) in [5.74, 6) is 1.72. The van der Waals surface area contributed by atoms with Gasteiger partial charge in [-0.1, -0.05) is 39.3 Å². The van der Waals surface area contributed by atoms with E-state index in [4.69, 9.17) is 4.74 Å². The van der Waals surface area contributed by atoms with Crippen molar-refractivity contribution in [2.45, 2.75) is 39.3 Å². The maximum atomic E-state index is 5.92. The summed E-state index contributed by atoms with van der Waals surface area (Å²) in [5.41, 5.74) is 2.32. The van der Waals surface area contributed by atoms with Gasteiger partial charge in [0.15, 0.2) is 0 Å². The van der Waals surface area contributed by atoms with E-state index in [9.17, 15) is 0 Å². The Labute approximate surface area is 142 Å². The van der Waals surface area contributed by atoms with E-state index in [1.807, 2.05) is 24.3 Å².